The molecular weight excluding hydrogens is 124 g/mol. The van der Waals surface area contributed by atoms with Crippen molar-refractivity contribution in [3.63, 3.8) is 0 Å². The third-order valence-electron chi connectivity index (χ3n) is 1.87. The first-order valence-electron chi connectivity index (χ1n) is 3.46. The van der Waals surface area contributed by atoms with E-state index in [1.165, 1.54) is 11.3 Å². The second-order valence-corrected chi connectivity index (χ2v) is 2.58. The van der Waals surface area contributed by atoms with Gasteiger partial charge in [0.25, 0.3) is 0 Å². The van der Waals surface area contributed by atoms with Crippen LogP contribution >= 0.6 is 0 Å². The Labute approximate surface area is 60.3 Å². The number of nitrogens with one attached hydrogen (secondary N) is 1. The lowest BCUT2D eigenvalue weighted by Gasteiger charge is -2.00. The van der Waals surface area contributed by atoms with Crippen LogP contribution in [0.2, 0.25) is 0 Å². The molecule has 1 atom stereocenters. The second kappa shape index (κ2) is 2.06. The van der Waals surface area contributed by atoms with E-state index in [0.717, 1.165) is 6.54 Å². The molecule has 0 saturated heterocycles. The number of nitrogens with zero attached hydrogens (tertiary/aromatic N) is 1. The molecule has 2 rings (SSSR count). The highest BCUT2D eigenvalue weighted by atomic mass is 15.0. The van der Waals surface area contributed by atoms with Crippen LogP contribution in [0.25, 0.3) is 0 Å². The molecule has 1 aromatic heterocycles. The number of hydrogen-bond donors (Lipinski definition) is 1. The molecule has 1 N–H and O–H groups in total. The highest BCUT2D eigenvalue weighted by molar-refractivity contribution is 5.25. The van der Waals surface area contributed by atoms with Gasteiger partial charge in [-0.3, -0.25) is 4.98 Å². The van der Waals surface area contributed by atoms with Crippen molar-refractivity contribution in [1.82, 2.24) is 10.3 Å². The Morgan fingerprint density at radius 3 is 3.50 bits per heavy atom. The third-order valence-corrected chi connectivity index (χ3v) is 1.87. The lowest BCUT2D eigenvalue weighted by atomic mass is 10.2. The highest BCUT2D eigenvalue weighted by Crippen LogP contribution is 2.20. The van der Waals surface area contributed by atoms with Gasteiger partial charge >= 0.3 is 0 Å². The zero-order valence-corrected chi connectivity index (χ0v) is 5.89. The Hall–Kier alpha value is -0.890. The molecular formula is C8H9N2. The summed E-state index contributed by atoms with van der Waals surface area (Å²) in [7, 11) is 0. The minimum Gasteiger partial charge on any atom is -0.305 e. The van der Waals surface area contributed by atoms with Gasteiger partial charge in [-0.25, -0.2) is 0 Å². The SMILES string of the molecule is CC1NCc2c[c]cnc21. The number of hydrogen-bond acceptors (Lipinski definition) is 2. The standard InChI is InChI=1S/C8H9N2/c1-6-8-7(5-10-6)3-2-4-9-8/h3-4,6,10H,5H2,1H3. The van der Waals surface area contributed by atoms with Crippen LogP contribution in [0, 0.1) is 6.07 Å². The summed E-state index contributed by atoms with van der Waals surface area (Å²) in [6.45, 7) is 3.07. The first-order valence-corrected chi connectivity index (χ1v) is 3.46. The van der Waals surface area contributed by atoms with Gasteiger partial charge in [-0.15, -0.1) is 0 Å². The maximum atomic E-state index is 4.22. The summed E-state index contributed by atoms with van der Waals surface area (Å²) in [5.41, 5.74) is 2.47. The van der Waals surface area contributed by atoms with E-state index in [1.54, 1.807) is 6.20 Å². The fraction of sp³-hybridized carbons (Fsp3) is 0.375. The molecule has 0 aromatic carbocycles. The molecule has 2 heteroatoms. The quantitative estimate of drug-likeness (QED) is 0.572. The van der Waals surface area contributed by atoms with Gasteiger partial charge in [0.2, 0.25) is 0 Å². The van der Waals surface area contributed by atoms with E-state index < -0.39 is 0 Å². The zero-order valence-electron chi connectivity index (χ0n) is 5.89. The minimum atomic E-state index is 0.421. The van der Waals surface area contributed by atoms with Crippen molar-refractivity contribution in [2.75, 3.05) is 0 Å². The normalized spacial score (nSPS) is 22.7. The summed E-state index contributed by atoms with van der Waals surface area (Å²) in [5, 5.41) is 3.30. The van der Waals surface area contributed by atoms with Gasteiger partial charge in [0, 0.05) is 24.8 Å². The molecule has 1 radical (unpaired) electrons. The number of aromatic nitrogens is 1. The van der Waals surface area contributed by atoms with E-state index >= 15 is 0 Å². The summed E-state index contributed by atoms with van der Waals surface area (Å²) in [6.07, 6.45) is 1.72. The molecule has 0 saturated carbocycles. The maximum absolute atomic E-state index is 4.22. The molecule has 2 heterocycles. The van der Waals surface area contributed by atoms with Gasteiger partial charge in [0.05, 0.1) is 5.69 Å². The van der Waals surface area contributed by atoms with Gasteiger partial charge in [0.15, 0.2) is 0 Å². The first kappa shape index (κ1) is 5.86. The molecule has 10 heavy (non-hydrogen) atoms. The predicted molar refractivity (Wildman–Crippen MR) is 38.3 cm³/mol. The maximum Gasteiger partial charge on any atom is 0.0615 e. The van der Waals surface area contributed by atoms with Crippen molar-refractivity contribution in [1.29, 1.82) is 0 Å². The molecule has 51 valence electrons. The van der Waals surface area contributed by atoms with E-state index in [2.05, 4.69) is 23.3 Å². The van der Waals surface area contributed by atoms with E-state index in [9.17, 15) is 0 Å². The van der Waals surface area contributed by atoms with Gasteiger partial charge in [0.1, 0.15) is 0 Å². The van der Waals surface area contributed by atoms with Gasteiger partial charge in [-0.2, -0.15) is 0 Å². The molecule has 0 fully saturated rings. The summed E-state index contributed by atoms with van der Waals surface area (Å²) in [6, 6.07) is 5.38. The summed E-state index contributed by atoms with van der Waals surface area (Å²) in [4.78, 5) is 4.22. The largest absolute Gasteiger partial charge is 0.305 e. The average molecular weight is 133 g/mol. The molecule has 0 bridgehead atoms. The highest BCUT2D eigenvalue weighted by Gasteiger charge is 2.17. The van der Waals surface area contributed by atoms with Crippen molar-refractivity contribution in [3.8, 4) is 0 Å². The lowest BCUT2D eigenvalue weighted by Crippen LogP contribution is -2.07. The zero-order chi connectivity index (χ0) is 6.97. The van der Waals surface area contributed by atoms with Crippen LogP contribution in [0.1, 0.15) is 24.2 Å². The average Bonchev–Trinajstić information content (AvgIpc) is 2.34. The van der Waals surface area contributed by atoms with Crippen LogP contribution < -0.4 is 5.32 Å². The summed E-state index contributed by atoms with van der Waals surface area (Å²) < 4.78 is 0. The summed E-state index contributed by atoms with van der Waals surface area (Å²) >= 11 is 0. The van der Waals surface area contributed by atoms with Crippen LogP contribution in [0.15, 0.2) is 12.3 Å². The molecule has 0 aliphatic carbocycles. The van der Waals surface area contributed by atoms with E-state index in [0.29, 0.717) is 6.04 Å². The summed E-state index contributed by atoms with van der Waals surface area (Å²) in [5.74, 6) is 0. The molecule has 1 aromatic rings. The van der Waals surface area contributed by atoms with Gasteiger partial charge in [-0.1, -0.05) is 0 Å². The van der Waals surface area contributed by atoms with E-state index in [4.69, 9.17) is 0 Å². The molecule has 1 aliphatic rings. The van der Waals surface area contributed by atoms with Crippen molar-refractivity contribution in [3.05, 3.63) is 29.6 Å². The Kier molecular flexibility index (Phi) is 1.21. The molecule has 0 amide bonds. The van der Waals surface area contributed by atoms with Gasteiger partial charge in [-0.05, 0) is 18.6 Å². The Morgan fingerprint density at radius 1 is 1.80 bits per heavy atom. The monoisotopic (exact) mass is 133 g/mol. The van der Waals surface area contributed by atoms with Crippen LogP contribution in [0.5, 0.6) is 0 Å². The van der Waals surface area contributed by atoms with E-state index in [-0.39, 0.29) is 0 Å². The number of fused-ring (bicyclic) bond motifs is 1. The van der Waals surface area contributed by atoms with E-state index in [1.807, 2.05) is 6.07 Å². The van der Waals surface area contributed by atoms with Crippen molar-refractivity contribution >= 4 is 0 Å². The molecule has 0 spiro atoms. The predicted octanol–water partition coefficient (Wildman–Crippen LogP) is 1.05. The third kappa shape index (κ3) is 0.727. The molecule has 1 unspecified atom stereocenters. The Morgan fingerprint density at radius 2 is 2.70 bits per heavy atom. The van der Waals surface area contributed by atoms with Crippen LogP contribution in [0.3, 0.4) is 0 Å². The smallest absolute Gasteiger partial charge is 0.0615 e. The molecule has 1 aliphatic heterocycles. The Bertz CT molecular complexity index is 245. The first-order chi connectivity index (χ1) is 4.88. The lowest BCUT2D eigenvalue weighted by molar-refractivity contribution is 0.623. The second-order valence-electron chi connectivity index (χ2n) is 2.58. The Balaban J connectivity index is 2.51. The fourth-order valence-corrected chi connectivity index (χ4v) is 1.29. The van der Waals surface area contributed by atoms with Crippen molar-refractivity contribution in [2.45, 2.75) is 19.5 Å². The topological polar surface area (TPSA) is 24.9 Å². The number of pyridine rings is 1. The molecule has 2 nitrogen and oxygen atoms in total. The minimum absolute atomic E-state index is 0.421. The number of rotatable bonds is 0. The fourth-order valence-electron chi connectivity index (χ4n) is 1.29. The van der Waals surface area contributed by atoms with Crippen LogP contribution in [-0.4, -0.2) is 4.98 Å². The van der Waals surface area contributed by atoms with Crippen molar-refractivity contribution < 1.29 is 0 Å². The van der Waals surface area contributed by atoms with Crippen LogP contribution in [-0.2, 0) is 6.54 Å². The van der Waals surface area contributed by atoms with Gasteiger partial charge < -0.3 is 5.32 Å². The van der Waals surface area contributed by atoms with Crippen LogP contribution in [0.4, 0.5) is 0 Å². The van der Waals surface area contributed by atoms with Crippen molar-refractivity contribution in [2.24, 2.45) is 0 Å².